The molecular weight excluding hydrogens is 160 g/mol. The number of aliphatic hydroxyl groups excluding tert-OH is 1. The summed E-state index contributed by atoms with van der Waals surface area (Å²) in [4.78, 5) is 0. The zero-order valence-corrected chi connectivity index (χ0v) is 9.55. The van der Waals surface area contributed by atoms with Gasteiger partial charge in [-0.2, -0.15) is 0 Å². The van der Waals surface area contributed by atoms with E-state index in [0.29, 0.717) is 12.5 Å². The van der Waals surface area contributed by atoms with Gasteiger partial charge in [0.2, 0.25) is 0 Å². The predicted octanol–water partition coefficient (Wildman–Crippen LogP) is 3.61. The minimum absolute atomic E-state index is 0.353. The molecule has 0 aliphatic rings. The molecule has 0 aromatic rings. The van der Waals surface area contributed by atoms with Crippen LogP contribution in [0.5, 0.6) is 0 Å². The van der Waals surface area contributed by atoms with Crippen LogP contribution in [0.2, 0.25) is 0 Å². The van der Waals surface area contributed by atoms with Crippen LogP contribution in [-0.4, -0.2) is 11.7 Å². The van der Waals surface area contributed by atoms with Crippen molar-refractivity contribution in [2.75, 3.05) is 6.61 Å². The molecular formula is C12H26O. The Labute approximate surface area is 83.5 Å². The van der Waals surface area contributed by atoms with Crippen LogP contribution in [0, 0.1) is 11.8 Å². The molecule has 1 nitrogen and oxygen atoms in total. The Bertz CT molecular complexity index is 101. The average molecular weight is 186 g/mol. The van der Waals surface area contributed by atoms with Gasteiger partial charge >= 0.3 is 0 Å². The van der Waals surface area contributed by atoms with Crippen LogP contribution in [0.4, 0.5) is 0 Å². The SMILES string of the molecule is CCCC(CC)CCC(C)CCO. The molecule has 0 rings (SSSR count). The molecule has 0 fully saturated rings. The first kappa shape index (κ1) is 13.0. The molecule has 0 spiro atoms. The maximum absolute atomic E-state index is 8.76. The second kappa shape index (κ2) is 8.55. The summed E-state index contributed by atoms with van der Waals surface area (Å²) in [5.74, 6) is 1.63. The molecule has 1 N–H and O–H groups in total. The van der Waals surface area contributed by atoms with Crippen molar-refractivity contribution in [3.8, 4) is 0 Å². The highest BCUT2D eigenvalue weighted by atomic mass is 16.3. The fourth-order valence-electron chi connectivity index (χ4n) is 1.85. The molecule has 2 unspecified atom stereocenters. The molecule has 0 saturated carbocycles. The Morgan fingerprint density at radius 2 is 1.69 bits per heavy atom. The third-order valence-electron chi connectivity index (χ3n) is 2.96. The quantitative estimate of drug-likeness (QED) is 0.614. The van der Waals surface area contributed by atoms with Gasteiger partial charge in [0, 0.05) is 6.61 Å². The lowest BCUT2D eigenvalue weighted by Gasteiger charge is -2.16. The Morgan fingerprint density at radius 3 is 2.15 bits per heavy atom. The first-order valence-electron chi connectivity index (χ1n) is 5.85. The largest absolute Gasteiger partial charge is 0.396 e. The van der Waals surface area contributed by atoms with Gasteiger partial charge in [-0.3, -0.25) is 0 Å². The Hall–Kier alpha value is -0.0400. The number of hydrogen-bond donors (Lipinski definition) is 1. The summed E-state index contributed by atoms with van der Waals surface area (Å²) >= 11 is 0. The van der Waals surface area contributed by atoms with Crippen molar-refractivity contribution in [3.05, 3.63) is 0 Å². The summed E-state index contributed by atoms with van der Waals surface area (Å²) < 4.78 is 0. The van der Waals surface area contributed by atoms with Crippen molar-refractivity contribution in [2.45, 2.75) is 59.3 Å². The normalized spacial score (nSPS) is 15.7. The Kier molecular flexibility index (Phi) is 8.53. The van der Waals surface area contributed by atoms with E-state index in [9.17, 15) is 0 Å². The molecule has 0 aromatic carbocycles. The maximum Gasteiger partial charge on any atom is 0.0433 e. The van der Waals surface area contributed by atoms with Crippen LogP contribution < -0.4 is 0 Å². The average Bonchev–Trinajstić information content (AvgIpc) is 2.12. The second-order valence-corrected chi connectivity index (χ2v) is 4.26. The molecule has 0 saturated heterocycles. The van der Waals surface area contributed by atoms with E-state index in [4.69, 9.17) is 5.11 Å². The van der Waals surface area contributed by atoms with Gasteiger partial charge in [0.25, 0.3) is 0 Å². The van der Waals surface area contributed by atoms with Crippen molar-refractivity contribution in [3.63, 3.8) is 0 Å². The Balaban J connectivity index is 3.46. The predicted molar refractivity (Wildman–Crippen MR) is 58.8 cm³/mol. The molecule has 0 radical (unpaired) electrons. The monoisotopic (exact) mass is 186 g/mol. The summed E-state index contributed by atoms with van der Waals surface area (Å²) in [5, 5.41) is 8.76. The van der Waals surface area contributed by atoms with E-state index in [1.54, 1.807) is 0 Å². The molecule has 80 valence electrons. The summed E-state index contributed by atoms with van der Waals surface area (Å²) in [6.07, 6.45) is 7.63. The van der Waals surface area contributed by atoms with Gasteiger partial charge in [-0.25, -0.2) is 0 Å². The van der Waals surface area contributed by atoms with Gasteiger partial charge in [0.05, 0.1) is 0 Å². The highest BCUT2D eigenvalue weighted by Crippen LogP contribution is 2.21. The van der Waals surface area contributed by atoms with Gasteiger partial charge in [0.15, 0.2) is 0 Å². The highest BCUT2D eigenvalue weighted by molar-refractivity contribution is 4.60. The van der Waals surface area contributed by atoms with Crippen LogP contribution >= 0.6 is 0 Å². The number of rotatable bonds is 8. The Morgan fingerprint density at radius 1 is 1.00 bits per heavy atom. The zero-order valence-electron chi connectivity index (χ0n) is 9.55. The molecule has 0 aliphatic heterocycles. The standard InChI is InChI=1S/C12H26O/c1-4-6-12(5-2)8-7-11(3)9-10-13/h11-13H,4-10H2,1-3H3. The van der Waals surface area contributed by atoms with Crippen LogP contribution in [0.15, 0.2) is 0 Å². The van der Waals surface area contributed by atoms with Crippen molar-refractivity contribution in [1.29, 1.82) is 0 Å². The van der Waals surface area contributed by atoms with E-state index in [0.717, 1.165) is 12.3 Å². The summed E-state index contributed by atoms with van der Waals surface area (Å²) in [6, 6.07) is 0. The van der Waals surface area contributed by atoms with Crippen molar-refractivity contribution in [1.82, 2.24) is 0 Å². The number of hydrogen-bond acceptors (Lipinski definition) is 1. The molecule has 13 heavy (non-hydrogen) atoms. The van der Waals surface area contributed by atoms with Gasteiger partial charge in [-0.15, -0.1) is 0 Å². The fourth-order valence-corrected chi connectivity index (χ4v) is 1.85. The molecule has 2 atom stereocenters. The van der Waals surface area contributed by atoms with Crippen LogP contribution in [0.25, 0.3) is 0 Å². The highest BCUT2D eigenvalue weighted by Gasteiger charge is 2.07. The molecule has 0 bridgehead atoms. The molecule has 0 heterocycles. The third kappa shape index (κ3) is 7.06. The topological polar surface area (TPSA) is 20.2 Å². The number of aliphatic hydroxyl groups is 1. The van der Waals surface area contributed by atoms with E-state index in [1.165, 1.54) is 32.1 Å². The molecule has 1 heteroatoms. The van der Waals surface area contributed by atoms with Crippen molar-refractivity contribution >= 4 is 0 Å². The first-order valence-corrected chi connectivity index (χ1v) is 5.85. The first-order chi connectivity index (χ1) is 6.24. The maximum atomic E-state index is 8.76. The van der Waals surface area contributed by atoms with Crippen molar-refractivity contribution < 1.29 is 5.11 Å². The molecule has 0 aromatic heterocycles. The molecule has 0 aliphatic carbocycles. The van der Waals surface area contributed by atoms with E-state index in [-0.39, 0.29) is 0 Å². The van der Waals surface area contributed by atoms with Crippen LogP contribution in [-0.2, 0) is 0 Å². The second-order valence-electron chi connectivity index (χ2n) is 4.26. The smallest absolute Gasteiger partial charge is 0.0433 e. The van der Waals surface area contributed by atoms with Gasteiger partial charge in [0.1, 0.15) is 0 Å². The summed E-state index contributed by atoms with van der Waals surface area (Å²) in [5.41, 5.74) is 0. The lowest BCUT2D eigenvalue weighted by Crippen LogP contribution is -2.04. The minimum Gasteiger partial charge on any atom is -0.396 e. The zero-order chi connectivity index (χ0) is 10.1. The van der Waals surface area contributed by atoms with Crippen LogP contribution in [0.1, 0.15) is 59.3 Å². The molecule has 0 amide bonds. The third-order valence-corrected chi connectivity index (χ3v) is 2.96. The van der Waals surface area contributed by atoms with E-state index >= 15 is 0 Å². The summed E-state index contributed by atoms with van der Waals surface area (Å²) in [6.45, 7) is 7.15. The fraction of sp³-hybridized carbons (Fsp3) is 1.00. The minimum atomic E-state index is 0.353. The van der Waals surface area contributed by atoms with E-state index < -0.39 is 0 Å². The lowest BCUT2D eigenvalue weighted by molar-refractivity contribution is 0.250. The van der Waals surface area contributed by atoms with Gasteiger partial charge in [-0.05, 0) is 18.3 Å². The van der Waals surface area contributed by atoms with Gasteiger partial charge < -0.3 is 5.11 Å². The lowest BCUT2D eigenvalue weighted by atomic mass is 9.90. The van der Waals surface area contributed by atoms with Gasteiger partial charge in [-0.1, -0.05) is 52.9 Å². The van der Waals surface area contributed by atoms with E-state index in [2.05, 4.69) is 20.8 Å². The van der Waals surface area contributed by atoms with Crippen LogP contribution in [0.3, 0.4) is 0 Å². The van der Waals surface area contributed by atoms with E-state index in [1.807, 2.05) is 0 Å². The van der Waals surface area contributed by atoms with Crippen molar-refractivity contribution in [2.24, 2.45) is 11.8 Å². The summed E-state index contributed by atoms with van der Waals surface area (Å²) in [7, 11) is 0.